The zero-order valence-corrected chi connectivity index (χ0v) is 12.2. The number of hydrogen-bond donors (Lipinski definition) is 1. The van der Waals surface area contributed by atoms with Gasteiger partial charge in [-0.25, -0.2) is 0 Å². The summed E-state index contributed by atoms with van der Waals surface area (Å²) >= 11 is 5.94. The lowest BCUT2D eigenvalue weighted by molar-refractivity contribution is 0.0360. The highest BCUT2D eigenvalue weighted by Gasteiger charge is 2.30. The molecule has 0 saturated carbocycles. The summed E-state index contributed by atoms with van der Waals surface area (Å²) in [6.45, 7) is 8.80. The highest BCUT2D eigenvalue weighted by molar-refractivity contribution is 6.33. The van der Waals surface area contributed by atoms with Gasteiger partial charge in [-0.1, -0.05) is 17.7 Å². The summed E-state index contributed by atoms with van der Waals surface area (Å²) in [7, 11) is 2.19. The van der Waals surface area contributed by atoms with Gasteiger partial charge in [-0.3, -0.25) is 9.80 Å². The molecule has 0 unspecified atom stereocenters. The van der Waals surface area contributed by atoms with Crippen molar-refractivity contribution in [3.63, 3.8) is 0 Å². The summed E-state index contributed by atoms with van der Waals surface area (Å²) in [6.07, 6.45) is 0. The van der Waals surface area contributed by atoms with E-state index < -0.39 is 0 Å². The van der Waals surface area contributed by atoms with E-state index in [0.717, 1.165) is 26.2 Å². The first kappa shape index (κ1) is 13.7. The van der Waals surface area contributed by atoms with Gasteiger partial charge < -0.3 is 5.73 Å². The second-order valence-electron chi connectivity index (χ2n) is 5.80. The van der Waals surface area contributed by atoms with Crippen LogP contribution in [0.5, 0.6) is 0 Å². The molecule has 0 bridgehead atoms. The van der Waals surface area contributed by atoms with E-state index >= 15 is 0 Å². The van der Waals surface area contributed by atoms with E-state index in [4.69, 9.17) is 17.3 Å². The average molecular weight is 268 g/mol. The molecule has 1 aliphatic rings. The molecule has 0 aliphatic carbocycles. The third kappa shape index (κ3) is 2.97. The molecule has 3 nitrogen and oxygen atoms in total. The second kappa shape index (κ2) is 5.08. The first-order valence-corrected chi connectivity index (χ1v) is 6.74. The highest BCUT2D eigenvalue weighted by atomic mass is 35.5. The smallest absolute Gasteiger partial charge is 0.0635 e. The summed E-state index contributed by atoms with van der Waals surface area (Å²) in [5.41, 5.74) is 7.98. The predicted octanol–water partition coefficient (Wildman–Crippen LogP) is 2.45. The fourth-order valence-electron chi connectivity index (χ4n) is 2.43. The van der Waals surface area contributed by atoms with Crippen LogP contribution in [0, 0.1) is 0 Å². The fraction of sp³-hybridized carbons (Fsp3) is 0.571. The zero-order valence-electron chi connectivity index (χ0n) is 11.4. The number of piperazine rings is 1. The molecule has 4 heteroatoms. The lowest BCUT2D eigenvalue weighted by atomic mass is 9.99. The minimum Gasteiger partial charge on any atom is -0.398 e. The Morgan fingerprint density at radius 2 is 2.06 bits per heavy atom. The number of benzene rings is 1. The number of likely N-dealkylation sites (N-methyl/N-ethyl adjacent to an activating group) is 1. The van der Waals surface area contributed by atoms with Gasteiger partial charge in [0.15, 0.2) is 0 Å². The molecule has 1 aromatic carbocycles. The van der Waals surface area contributed by atoms with Gasteiger partial charge in [0.05, 0.1) is 10.7 Å². The van der Waals surface area contributed by atoms with Gasteiger partial charge >= 0.3 is 0 Å². The molecule has 18 heavy (non-hydrogen) atoms. The summed E-state index contributed by atoms with van der Waals surface area (Å²) < 4.78 is 0. The fourth-order valence-corrected chi connectivity index (χ4v) is 2.54. The SMILES string of the molecule is CN1CCN(Cc2ccc(Cl)c(N)c2)CC1(C)C. The maximum atomic E-state index is 5.94. The van der Waals surface area contributed by atoms with E-state index in [1.165, 1.54) is 5.56 Å². The Kier molecular flexibility index (Phi) is 3.85. The Morgan fingerprint density at radius 3 is 2.67 bits per heavy atom. The third-order valence-electron chi connectivity index (χ3n) is 3.86. The topological polar surface area (TPSA) is 32.5 Å². The summed E-state index contributed by atoms with van der Waals surface area (Å²) in [6, 6.07) is 5.92. The van der Waals surface area contributed by atoms with Crippen molar-refractivity contribution in [1.29, 1.82) is 0 Å². The van der Waals surface area contributed by atoms with E-state index in [-0.39, 0.29) is 5.54 Å². The van der Waals surface area contributed by atoms with Crippen LogP contribution >= 0.6 is 11.6 Å². The number of hydrogen-bond acceptors (Lipinski definition) is 3. The van der Waals surface area contributed by atoms with Crippen molar-refractivity contribution in [3.8, 4) is 0 Å². The van der Waals surface area contributed by atoms with Crippen LogP contribution in [0.15, 0.2) is 18.2 Å². The van der Waals surface area contributed by atoms with E-state index in [1.807, 2.05) is 12.1 Å². The van der Waals surface area contributed by atoms with Crippen molar-refractivity contribution in [2.45, 2.75) is 25.9 Å². The maximum Gasteiger partial charge on any atom is 0.0635 e. The summed E-state index contributed by atoms with van der Waals surface area (Å²) in [5, 5.41) is 0.637. The molecule has 0 amide bonds. The van der Waals surface area contributed by atoms with Crippen LogP contribution in [0.2, 0.25) is 5.02 Å². The number of halogens is 1. The Bertz CT molecular complexity index is 431. The number of rotatable bonds is 2. The van der Waals surface area contributed by atoms with Crippen LogP contribution in [0.4, 0.5) is 5.69 Å². The average Bonchev–Trinajstić information content (AvgIpc) is 2.28. The van der Waals surface area contributed by atoms with Crippen molar-refractivity contribution < 1.29 is 0 Å². The molecular formula is C14H22ClN3. The first-order valence-electron chi connectivity index (χ1n) is 6.36. The summed E-state index contributed by atoms with van der Waals surface area (Å²) in [5.74, 6) is 0. The molecule has 1 fully saturated rings. The minimum absolute atomic E-state index is 0.232. The van der Waals surface area contributed by atoms with E-state index in [9.17, 15) is 0 Å². The Morgan fingerprint density at radius 1 is 1.33 bits per heavy atom. The molecule has 0 spiro atoms. The Balaban J connectivity index is 2.04. The molecule has 2 N–H and O–H groups in total. The van der Waals surface area contributed by atoms with Gasteiger partial charge in [0.25, 0.3) is 0 Å². The van der Waals surface area contributed by atoms with Gasteiger partial charge in [0, 0.05) is 31.7 Å². The number of nitrogens with two attached hydrogens (primary N) is 1. The van der Waals surface area contributed by atoms with E-state index in [0.29, 0.717) is 10.7 Å². The van der Waals surface area contributed by atoms with Crippen molar-refractivity contribution in [2.24, 2.45) is 0 Å². The van der Waals surface area contributed by atoms with Crippen molar-refractivity contribution in [2.75, 3.05) is 32.4 Å². The third-order valence-corrected chi connectivity index (χ3v) is 4.21. The van der Waals surface area contributed by atoms with Crippen LogP contribution in [-0.2, 0) is 6.54 Å². The predicted molar refractivity (Wildman–Crippen MR) is 77.9 cm³/mol. The van der Waals surface area contributed by atoms with Crippen LogP contribution in [0.25, 0.3) is 0 Å². The van der Waals surface area contributed by atoms with Crippen molar-refractivity contribution in [3.05, 3.63) is 28.8 Å². The van der Waals surface area contributed by atoms with Crippen molar-refractivity contribution >= 4 is 17.3 Å². The van der Waals surface area contributed by atoms with Gasteiger partial charge in [-0.05, 0) is 38.6 Å². The number of nitrogen functional groups attached to an aromatic ring is 1. The van der Waals surface area contributed by atoms with Gasteiger partial charge in [0.1, 0.15) is 0 Å². The van der Waals surface area contributed by atoms with Gasteiger partial charge in [0.2, 0.25) is 0 Å². The molecule has 0 radical (unpaired) electrons. The Hall–Kier alpha value is -0.770. The quantitative estimate of drug-likeness (QED) is 0.836. The Labute approximate surface area is 115 Å². The van der Waals surface area contributed by atoms with Gasteiger partial charge in [-0.15, -0.1) is 0 Å². The van der Waals surface area contributed by atoms with Crippen molar-refractivity contribution in [1.82, 2.24) is 9.80 Å². The second-order valence-corrected chi connectivity index (χ2v) is 6.21. The number of anilines is 1. The normalized spacial score (nSPS) is 21.1. The van der Waals surface area contributed by atoms with E-state index in [1.54, 1.807) is 0 Å². The molecule has 1 aliphatic heterocycles. The molecule has 0 aromatic heterocycles. The lowest BCUT2D eigenvalue weighted by Crippen LogP contribution is -2.57. The molecule has 1 saturated heterocycles. The van der Waals surface area contributed by atoms with Crippen LogP contribution in [0.1, 0.15) is 19.4 Å². The first-order chi connectivity index (χ1) is 8.38. The molecule has 100 valence electrons. The molecule has 0 atom stereocenters. The molecule has 1 heterocycles. The highest BCUT2D eigenvalue weighted by Crippen LogP contribution is 2.23. The zero-order chi connectivity index (χ0) is 13.3. The number of nitrogens with zero attached hydrogens (tertiary/aromatic N) is 2. The molecule has 2 rings (SSSR count). The summed E-state index contributed by atoms with van der Waals surface area (Å²) in [4.78, 5) is 4.89. The minimum atomic E-state index is 0.232. The molecular weight excluding hydrogens is 246 g/mol. The lowest BCUT2D eigenvalue weighted by Gasteiger charge is -2.45. The molecule has 1 aromatic rings. The monoisotopic (exact) mass is 267 g/mol. The van der Waals surface area contributed by atoms with Crippen LogP contribution in [0.3, 0.4) is 0 Å². The van der Waals surface area contributed by atoms with Crippen LogP contribution < -0.4 is 5.73 Å². The van der Waals surface area contributed by atoms with Gasteiger partial charge in [-0.2, -0.15) is 0 Å². The standard InChI is InChI=1S/C14H22ClN3/c1-14(2)10-18(7-6-17(14)3)9-11-4-5-12(15)13(16)8-11/h4-5,8H,6-7,9-10,16H2,1-3H3. The maximum absolute atomic E-state index is 5.94. The van der Waals surface area contributed by atoms with E-state index in [2.05, 4.69) is 36.8 Å². The largest absolute Gasteiger partial charge is 0.398 e. The van der Waals surface area contributed by atoms with Crippen LogP contribution in [-0.4, -0.2) is 42.0 Å².